The van der Waals surface area contributed by atoms with Crippen LogP contribution in [0.25, 0.3) is 0 Å². The van der Waals surface area contributed by atoms with Crippen molar-refractivity contribution in [1.29, 1.82) is 0 Å². The maximum absolute atomic E-state index is 12.9. The van der Waals surface area contributed by atoms with Gasteiger partial charge in [-0.1, -0.05) is 54.1 Å². The zero-order valence-electron chi connectivity index (χ0n) is 17.9. The summed E-state index contributed by atoms with van der Waals surface area (Å²) in [6.07, 6.45) is -4.54. The summed E-state index contributed by atoms with van der Waals surface area (Å²) in [5, 5.41) is 4.91. The van der Waals surface area contributed by atoms with E-state index >= 15 is 0 Å². The molecule has 35 heavy (non-hydrogen) atoms. The van der Waals surface area contributed by atoms with Gasteiger partial charge in [0.1, 0.15) is 10.7 Å². The summed E-state index contributed by atoms with van der Waals surface area (Å²) in [4.78, 5) is 39.0. The normalized spacial score (nSPS) is 13.9. The Morgan fingerprint density at radius 3 is 2.26 bits per heavy atom. The Bertz CT molecular complexity index is 1340. The quantitative estimate of drug-likeness (QED) is 0.446. The van der Waals surface area contributed by atoms with Gasteiger partial charge in [0.15, 0.2) is 0 Å². The zero-order valence-corrected chi connectivity index (χ0v) is 18.7. The first-order valence-corrected chi connectivity index (χ1v) is 10.7. The molecule has 0 bridgehead atoms. The van der Waals surface area contributed by atoms with Crippen LogP contribution in [-0.4, -0.2) is 22.6 Å². The molecule has 0 aliphatic carbocycles. The van der Waals surface area contributed by atoms with E-state index < -0.39 is 29.5 Å². The van der Waals surface area contributed by atoms with Crippen molar-refractivity contribution < 1.29 is 27.6 Å². The van der Waals surface area contributed by atoms with Crippen molar-refractivity contribution in [3.05, 3.63) is 106 Å². The molecule has 0 spiro atoms. The minimum Gasteiger partial charge on any atom is -0.350 e. The average molecular weight is 500 g/mol. The monoisotopic (exact) mass is 499 g/mol. The van der Waals surface area contributed by atoms with E-state index in [2.05, 4.69) is 10.6 Å². The van der Waals surface area contributed by atoms with Crippen LogP contribution in [0, 0.1) is 0 Å². The third kappa shape index (κ3) is 5.36. The lowest BCUT2D eigenvalue weighted by molar-refractivity contribution is -0.138. The third-order valence-electron chi connectivity index (χ3n) is 5.14. The minimum atomic E-state index is -4.54. The van der Waals surface area contributed by atoms with E-state index in [0.717, 1.165) is 22.6 Å². The fraction of sp³-hybridized carbons (Fsp3) is 0.0800. The highest BCUT2D eigenvalue weighted by Gasteiger charge is 2.37. The number of benzene rings is 3. The molecule has 0 atom stereocenters. The van der Waals surface area contributed by atoms with E-state index in [4.69, 9.17) is 11.6 Å². The molecule has 0 fully saturated rings. The number of amides is 3. The van der Waals surface area contributed by atoms with Crippen LogP contribution in [0.3, 0.4) is 0 Å². The third-order valence-corrected chi connectivity index (χ3v) is 5.49. The average Bonchev–Trinajstić information content (AvgIpc) is 3.03. The first-order chi connectivity index (χ1) is 16.6. The van der Waals surface area contributed by atoms with Crippen LogP contribution < -0.4 is 10.6 Å². The van der Waals surface area contributed by atoms with E-state index in [-0.39, 0.29) is 34.2 Å². The largest absolute Gasteiger partial charge is 0.416 e. The Hall–Kier alpha value is -4.11. The molecule has 0 aromatic heterocycles. The number of carbonyl (C=O) groups is 3. The molecule has 3 aromatic rings. The van der Waals surface area contributed by atoms with E-state index in [1.54, 1.807) is 30.3 Å². The Morgan fingerprint density at radius 1 is 0.857 bits per heavy atom. The minimum absolute atomic E-state index is 0.0259. The zero-order chi connectivity index (χ0) is 25.2. The number of halogens is 4. The van der Waals surface area contributed by atoms with Crippen LogP contribution >= 0.6 is 11.6 Å². The van der Waals surface area contributed by atoms with Gasteiger partial charge in [0, 0.05) is 16.9 Å². The molecule has 0 radical (unpaired) electrons. The van der Waals surface area contributed by atoms with Gasteiger partial charge in [-0.25, -0.2) is 0 Å². The predicted molar refractivity (Wildman–Crippen MR) is 124 cm³/mol. The van der Waals surface area contributed by atoms with Crippen LogP contribution in [0.2, 0.25) is 0 Å². The van der Waals surface area contributed by atoms with E-state index in [1.165, 1.54) is 30.3 Å². The molecule has 3 aromatic carbocycles. The summed E-state index contributed by atoms with van der Waals surface area (Å²) in [6, 6.07) is 19.1. The lowest BCUT2D eigenvalue weighted by Gasteiger charge is -2.15. The Labute approximate surface area is 203 Å². The van der Waals surface area contributed by atoms with Gasteiger partial charge in [-0.2, -0.15) is 13.2 Å². The van der Waals surface area contributed by atoms with Gasteiger partial charge in [0.25, 0.3) is 17.7 Å². The van der Waals surface area contributed by atoms with Crippen molar-refractivity contribution in [2.45, 2.75) is 12.7 Å². The number of anilines is 2. The van der Waals surface area contributed by atoms with Gasteiger partial charge in [-0.05, 0) is 42.0 Å². The topological polar surface area (TPSA) is 78.5 Å². The molecule has 0 saturated heterocycles. The van der Waals surface area contributed by atoms with Gasteiger partial charge in [0.05, 0.1) is 12.1 Å². The molecule has 4 rings (SSSR count). The van der Waals surface area contributed by atoms with Crippen molar-refractivity contribution in [1.82, 2.24) is 4.90 Å². The van der Waals surface area contributed by atoms with Crippen LogP contribution in [0.5, 0.6) is 0 Å². The number of nitrogens with one attached hydrogen (secondary N) is 2. The van der Waals surface area contributed by atoms with Crippen LogP contribution in [0.1, 0.15) is 21.5 Å². The first-order valence-electron chi connectivity index (χ1n) is 10.3. The molecule has 10 heteroatoms. The summed E-state index contributed by atoms with van der Waals surface area (Å²) in [6.45, 7) is 0.0410. The highest BCUT2D eigenvalue weighted by atomic mass is 35.5. The standard InChI is InChI=1S/C25H17ClF3N3O3/c26-20-21(24(35)32(23(20)34)14-15-6-2-1-3-7-15)30-18-10-4-8-16(12-18)22(33)31-19-11-5-9-17(13-19)25(27,28)29/h1-13,30H,14H2,(H,31,33). The van der Waals surface area contributed by atoms with E-state index in [1.807, 2.05) is 6.07 Å². The summed E-state index contributed by atoms with van der Waals surface area (Å²) < 4.78 is 38.8. The van der Waals surface area contributed by atoms with E-state index in [0.29, 0.717) is 0 Å². The Balaban J connectivity index is 1.49. The van der Waals surface area contributed by atoms with Crippen LogP contribution in [-0.2, 0) is 22.3 Å². The number of imide groups is 1. The van der Waals surface area contributed by atoms with Crippen molar-refractivity contribution in [2.75, 3.05) is 10.6 Å². The second-order valence-electron chi connectivity index (χ2n) is 7.61. The molecule has 0 saturated carbocycles. The van der Waals surface area contributed by atoms with Gasteiger partial charge in [-0.3, -0.25) is 19.3 Å². The fourth-order valence-electron chi connectivity index (χ4n) is 3.42. The molecular formula is C25H17ClF3N3O3. The molecule has 6 nitrogen and oxygen atoms in total. The smallest absolute Gasteiger partial charge is 0.350 e. The molecule has 0 unspecified atom stereocenters. The van der Waals surface area contributed by atoms with Gasteiger partial charge in [-0.15, -0.1) is 0 Å². The molecule has 1 heterocycles. The predicted octanol–water partition coefficient (Wildman–Crippen LogP) is 5.39. The van der Waals surface area contributed by atoms with Gasteiger partial charge >= 0.3 is 6.18 Å². The SMILES string of the molecule is O=C(Nc1cccc(C(F)(F)F)c1)c1cccc(NC2=C(Cl)C(=O)N(Cc3ccccc3)C2=O)c1. The lowest BCUT2D eigenvalue weighted by atomic mass is 10.1. The van der Waals surface area contributed by atoms with Crippen molar-refractivity contribution >= 4 is 40.7 Å². The molecular weight excluding hydrogens is 483 g/mol. The number of alkyl halides is 3. The summed E-state index contributed by atoms with van der Waals surface area (Å²) in [7, 11) is 0. The lowest BCUT2D eigenvalue weighted by Crippen LogP contribution is -2.31. The van der Waals surface area contributed by atoms with Crippen molar-refractivity contribution in [3.8, 4) is 0 Å². The summed E-state index contributed by atoms with van der Waals surface area (Å²) in [5.74, 6) is -1.93. The maximum atomic E-state index is 12.9. The number of carbonyl (C=O) groups excluding carboxylic acids is 3. The second kappa shape index (κ2) is 9.63. The van der Waals surface area contributed by atoms with Gasteiger partial charge < -0.3 is 10.6 Å². The van der Waals surface area contributed by atoms with E-state index in [9.17, 15) is 27.6 Å². The Kier molecular flexibility index (Phi) is 6.61. The first kappa shape index (κ1) is 24.0. The Morgan fingerprint density at radius 2 is 1.54 bits per heavy atom. The fourth-order valence-corrected chi connectivity index (χ4v) is 3.65. The number of nitrogens with zero attached hydrogens (tertiary/aromatic N) is 1. The van der Waals surface area contributed by atoms with Crippen molar-refractivity contribution in [2.24, 2.45) is 0 Å². The molecule has 1 aliphatic heterocycles. The highest BCUT2D eigenvalue weighted by molar-refractivity contribution is 6.48. The maximum Gasteiger partial charge on any atom is 0.416 e. The number of hydrogen-bond acceptors (Lipinski definition) is 4. The van der Waals surface area contributed by atoms with Gasteiger partial charge in [0.2, 0.25) is 0 Å². The summed E-state index contributed by atoms with van der Waals surface area (Å²) in [5.41, 5.74) is 0.0923. The van der Waals surface area contributed by atoms with Crippen molar-refractivity contribution in [3.63, 3.8) is 0 Å². The number of rotatable bonds is 6. The molecule has 178 valence electrons. The molecule has 3 amide bonds. The highest BCUT2D eigenvalue weighted by Crippen LogP contribution is 2.31. The molecule has 2 N–H and O–H groups in total. The number of hydrogen-bond donors (Lipinski definition) is 2. The van der Waals surface area contributed by atoms with Crippen LogP contribution in [0.15, 0.2) is 89.6 Å². The van der Waals surface area contributed by atoms with Crippen LogP contribution in [0.4, 0.5) is 24.5 Å². The molecule has 1 aliphatic rings. The summed E-state index contributed by atoms with van der Waals surface area (Å²) >= 11 is 6.13. The second-order valence-corrected chi connectivity index (χ2v) is 7.99.